The van der Waals surface area contributed by atoms with Crippen molar-refractivity contribution in [2.75, 3.05) is 41.8 Å². The van der Waals surface area contributed by atoms with Crippen LogP contribution in [-0.2, 0) is 22.4 Å². The summed E-state index contributed by atoms with van der Waals surface area (Å²) in [6, 6.07) is 15.9. The molecule has 1 heterocycles. The number of nitrogens with zero attached hydrogens (tertiary/aromatic N) is 2. The van der Waals surface area contributed by atoms with Crippen molar-refractivity contribution in [3.05, 3.63) is 65.4 Å². The van der Waals surface area contributed by atoms with E-state index in [4.69, 9.17) is 4.74 Å². The van der Waals surface area contributed by atoms with Gasteiger partial charge in [0.15, 0.2) is 0 Å². The molecule has 30 heavy (non-hydrogen) atoms. The molecule has 0 bridgehead atoms. The van der Waals surface area contributed by atoms with Crippen LogP contribution >= 0.6 is 0 Å². The van der Waals surface area contributed by atoms with Gasteiger partial charge in [-0.1, -0.05) is 44.2 Å². The molecular formula is C24H28N4O2. The Kier molecular flexibility index (Phi) is 7.47. The minimum atomic E-state index is -0.413. The van der Waals surface area contributed by atoms with Crippen LogP contribution < -0.4 is 15.5 Å². The summed E-state index contributed by atoms with van der Waals surface area (Å²) in [6.07, 6.45) is 3.09. The number of hydrogen-bond donors (Lipinski definition) is 2. The second kappa shape index (κ2) is 10.5. The Hall–Kier alpha value is -3.30. The van der Waals surface area contributed by atoms with E-state index in [1.807, 2.05) is 48.5 Å². The van der Waals surface area contributed by atoms with E-state index in [-0.39, 0.29) is 5.57 Å². The molecule has 6 nitrogen and oxygen atoms in total. The molecule has 0 atom stereocenters. The predicted molar refractivity (Wildman–Crippen MR) is 121 cm³/mol. The van der Waals surface area contributed by atoms with Crippen molar-refractivity contribution in [1.29, 1.82) is 5.26 Å². The van der Waals surface area contributed by atoms with Gasteiger partial charge in [-0.05, 0) is 36.1 Å². The first-order chi connectivity index (χ1) is 14.7. The highest BCUT2D eigenvalue weighted by atomic mass is 16.5. The minimum Gasteiger partial charge on any atom is -0.378 e. The van der Waals surface area contributed by atoms with Gasteiger partial charge in [0.05, 0.1) is 24.6 Å². The van der Waals surface area contributed by atoms with Crippen LogP contribution in [0.3, 0.4) is 0 Å². The van der Waals surface area contributed by atoms with Crippen molar-refractivity contribution < 1.29 is 9.53 Å². The molecule has 0 unspecified atom stereocenters. The maximum absolute atomic E-state index is 12.8. The Labute approximate surface area is 178 Å². The van der Waals surface area contributed by atoms with Gasteiger partial charge < -0.3 is 20.3 Å². The van der Waals surface area contributed by atoms with Crippen LogP contribution in [0.25, 0.3) is 0 Å². The molecular weight excluding hydrogens is 376 g/mol. The molecule has 2 aromatic carbocycles. The summed E-state index contributed by atoms with van der Waals surface area (Å²) in [6.45, 7) is 7.09. The molecule has 0 aromatic heterocycles. The minimum absolute atomic E-state index is 0.0275. The van der Waals surface area contributed by atoms with E-state index in [9.17, 15) is 10.1 Å². The number of rotatable bonds is 7. The number of carbonyl (C=O) groups is 1. The van der Waals surface area contributed by atoms with Gasteiger partial charge in [0, 0.05) is 25.0 Å². The monoisotopic (exact) mass is 404 g/mol. The number of aryl methyl sites for hydroxylation is 2. The van der Waals surface area contributed by atoms with Crippen LogP contribution in [0.5, 0.6) is 0 Å². The van der Waals surface area contributed by atoms with Crippen LogP contribution in [0.1, 0.15) is 25.0 Å². The number of benzene rings is 2. The second-order valence-electron chi connectivity index (χ2n) is 7.04. The van der Waals surface area contributed by atoms with E-state index >= 15 is 0 Å². The maximum atomic E-state index is 12.8. The summed E-state index contributed by atoms with van der Waals surface area (Å²) in [5.74, 6) is -0.413. The van der Waals surface area contributed by atoms with Crippen molar-refractivity contribution in [1.82, 2.24) is 0 Å². The van der Waals surface area contributed by atoms with Crippen LogP contribution in [0.2, 0.25) is 0 Å². The zero-order chi connectivity index (χ0) is 21.3. The number of carbonyl (C=O) groups excluding carboxylic acids is 1. The summed E-state index contributed by atoms with van der Waals surface area (Å²) < 4.78 is 5.43. The summed E-state index contributed by atoms with van der Waals surface area (Å²) in [4.78, 5) is 15.1. The highest BCUT2D eigenvalue weighted by Gasteiger charge is 2.16. The van der Waals surface area contributed by atoms with Crippen LogP contribution in [0.4, 0.5) is 17.1 Å². The van der Waals surface area contributed by atoms with Crippen LogP contribution in [-0.4, -0.2) is 32.2 Å². The predicted octanol–water partition coefficient (Wildman–Crippen LogP) is 4.11. The lowest BCUT2D eigenvalue weighted by atomic mass is 10.0. The van der Waals surface area contributed by atoms with Crippen molar-refractivity contribution in [2.24, 2.45) is 0 Å². The molecule has 0 saturated carbocycles. The lowest BCUT2D eigenvalue weighted by molar-refractivity contribution is -0.112. The third-order valence-electron chi connectivity index (χ3n) is 5.23. The molecule has 1 aliphatic rings. The van der Waals surface area contributed by atoms with E-state index < -0.39 is 5.91 Å². The fraction of sp³-hybridized carbons (Fsp3) is 0.333. The fourth-order valence-corrected chi connectivity index (χ4v) is 3.56. The smallest absolute Gasteiger partial charge is 0.267 e. The highest BCUT2D eigenvalue weighted by Crippen LogP contribution is 2.27. The topological polar surface area (TPSA) is 77.4 Å². The Morgan fingerprint density at radius 3 is 2.40 bits per heavy atom. The SMILES string of the molecule is CCc1cccc(CC)c1NC(=O)/C(C#N)=C\Nc1ccccc1N1CCOCC1. The van der Waals surface area contributed by atoms with Gasteiger partial charge in [-0.2, -0.15) is 5.26 Å². The van der Waals surface area contributed by atoms with Crippen LogP contribution in [0, 0.1) is 11.3 Å². The summed E-state index contributed by atoms with van der Waals surface area (Å²) in [5.41, 5.74) is 4.83. The second-order valence-corrected chi connectivity index (χ2v) is 7.04. The number of hydrogen-bond acceptors (Lipinski definition) is 5. The van der Waals surface area contributed by atoms with Crippen molar-refractivity contribution in [2.45, 2.75) is 26.7 Å². The molecule has 2 N–H and O–H groups in total. The largest absolute Gasteiger partial charge is 0.378 e. The molecule has 156 valence electrons. The molecule has 3 rings (SSSR count). The van der Waals surface area contributed by atoms with Gasteiger partial charge in [0.25, 0.3) is 5.91 Å². The lowest BCUT2D eigenvalue weighted by Crippen LogP contribution is -2.36. The van der Waals surface area contributed by atoms with Gasteiger partial charge in [-0.15, -0.1) is 0 Å². The first-order valence-electron chi connectivity index (χ1n) is 10.4. The normalized spacial score (nSPS) is 14.2. The van der Waals surface area contributed by atoms with Gasteiger partial charge in [-0.3, -0.25) is 4.79 Å². The average Bonchev–Trinajstić information content (AvgIpc) is 2.80. The molecule has 1 saturated heterocycles. The fourth-order valence-electron chi connectivity index (χ4n) is 3.56. The molecule has 1 aliphatic heterocycles. The molecule has 1 amide bonds. The summed E-state index contributed by atoms with van der Waals surface area (Å²) in [7, 11) is 0. The standard InChI is InChI=1S/C24H28N4O2/c1-3-18-8-7-9-19(4-2)23(18)27-24(29)20(16-25)17-26-21-10-5-6-11-22(21)28-12-14-30-15-13-28/h5-11,17,26H,3-4,12-15H2,1-2H3,(H,27,29)/b20-17-. The van der Waals surface area contributed by atoms with Gasteiger partial charge >= 0.3 is 0 Å². The summed E-state index contributed by atoms with van der Waals surface area (Å²) >= 11 is 0. The van der Waals surface area contributed by atoms with E-state index in [2.05, 4.69) is 29.4 Å². The van der Waals surface area contributed by atoms with Gasteiger partial charge in [0.2, 0.25) is 0 Å². The Bertz CT molecular complexity index is 934. The van der Waals surface area contributed by atoms with Crippen molar-refractivity contribution >= 4 is 23.0 Å². The van der Waals surface area contributed by atoms with Gasteiger partial charge in [-0.25, -0.2) is 0 Å². The zero-order valence-electron chi connectivity index (χ0n) is 17.6. The van der Waals surface area contributed by atoms with E-state index in [1.54, 1.807) is 0 Å². The zero-order valence-corrected chi connectivity index (χ0v) is 17.6. The number of anilines is 3. The van der Waals surface area contributed by atoms with Crippen molar-refractivity contribution in [3.8, 4) is 6.07 Å². The third kappa shape index (κ3) is 5.00. The summed E-state index contributed by atoms with van der Waals surface area (Å²) in [5, 5.41) is 15.7. The molecule has 1 fully saturated rings. The third-order valence-corrected chi connectivity index (χ3v) is 5.23. The first kappa shape index (κ1) is 21.4. The van der Waals surface area contributed by atoms with E-state index in [0.717, 1.165) is 54.1 Å². The molecule has 0 aliphatic carbocycles. The van der Waals surface area contributed by atoms with Gasteiger partial charge in [0.1, 0.15) is 11.6 Å². The number of ether oxygens (including phenoxy) is 1. The number of nitrogens with one attached hydrogen (secondary N) is 2. The number of morpholine rings is 1. The number of amides is 1. The Morgan fingerprint density at radius 1 is 1.10 bits per heavy atom. The van der Waals surface area contributed by atoms with E-state index in [0.29, 0.717) is 13.2 Å². The van der Waals surface area contributed by atoms with E-state index in [1.165, 1.54) is 6.20 Å². The lowest BCUT2D eigenvalue weighted by Gasteiger charge is -2.30. The molecule has 6 heteroatoms. The molecule has 0 spiro atoms. The number of nitriles is 1. The van der Waals surface area contributed by atoms with Crippen molar-refractivity contribution in [3.63, 3.8) is 0 Å². The first-order valence-corrected chi connectivity index (χ1v) is 10.4. The quantitative estimate of drug-likeness (QED) is 0.536. The molecule has 0 radical (unpaired) electrons. The highest BCUT2D eigenvalue weighted by molar-refractivity contribution is 6.07. The molecule has 2 aromatic rings. The Balaban J connectivity index is 1.79. The Morgan fingerprint density at radius 2 is 1.77 bits per heavy atom. The number of para-hydroxylation sites is 3. The van der Waals surface area contributed by atoms with Crippen LogP contribution in [0.15, 0.2) is 54.2 Å². The maximum Gasteiger partial charge on any atom is 0.267 e. The average molecular weight is 405 g/mol.